The predicted octanol–water partition coefficient (Wildman–Crippen LogP) is 2.35. The first-order chi connectivity index (χ1) is 10.0. The van der Waals surface area contributed by atoms with Crippen LogP contribution in [0.1, 0.15) is 18.9 Å². The third-order valence-corrected chi connectivity index (χ3v) is 4.25. The number of carbonyl (C=O) groups excluding carboxylic acids is 1. The Kier molecular flexibility index (Phi) is 5.12. The summed E-state index contributed by atoms with van der Waals surface area (Å²) in [6, 6.07) is 6.21. The van der Waals surface area contributed by atoms with E-state index in [-0.39, 0.29) is 12.1 Å². The summed E-state index contributed by atoms with van der Waals surface area (Å²) in [5.74, 6) is -0.0152. The number of hydrogen-bond donors (Lipinski definition) is 2. The van der Waals surface area contributed by atoms with Crippen molar-refractivity contribution < 1.29 is 14.7 Å². The van der Waals surface area contributed by atoms with E-state index in [2.05, 4.69) is 5.32 Å². The van der Waals surface area contributed by atoms with Crippen molar-refractivity contribution in [1.29, 1.82) is 0 Å². The Hall–Kier alpha value is -1.69. The smallest absolute Gasteiger partial charge is 0.327 e. The van der Waals surface area contributed by atoms with Crippen molar-refractivity contribution in [2.45, 2.75) is 31.8 Å². The second-order valence-electron chi connectivity index (χ2n) is 5.19. The van der Waals surface area contributed by atoms with Gasteiger partial charge in [0, 0.05) is 18.2 Å². The highest BCUT2D eigenvalue weighted by molar-refractivity contribution is 7.98. The zero-order chi connectivity index (χ0) is 15.4. The van der Waals surface area contributed by atoms with Gasteiger partial charge in [0.25, 0.3) is 0 Å². The van der Waals surface area contributed by atoms with Gasteiger partial charge in [0.05, 0.1) is 0 Å². The number of benzene rings is 1. The molecule has 0 aromatic heterocycles. The molecule has 2 amide bonds. The summed E-state index contributed by atoms with van der Waals surface area (Å²) in [7, 11) is 0. The number of amides is 2. The molecule has 0 radical (unpaired) electrons. The fourth-order valence-corrected chi connectivity index (χ4v) is 3.07. The first-order valence-electron chi connectivity index (χ1n) is 6.94. The fourth-order valence-electron chi connectivity index (χ4n) is 2.48. The lowest BCUT2D eigenvalue weighted by molar-refractivity contribution is -0.138. The summed E-state index contributed by atoms with van der Waals surface area (Å²) in [6.45, 7) is 1.94. The number of aliphatic carboxylic acids is 1. The van der Waals surface area contributed by atoms with Gasteiger partial charge in [0.2, 0.25) is 0 Å². The average Bonchev–Trinajstić information content (AvgIpc) is 2.84. The molecule has 0 saturated carbocycles. The second-order valence-corrected chi connectivity index (χ2v) is 6.17. The zero-order valence-corrected chi connectivity index (χ0v) is 13.0. The first kappa shape index (κ1) is 15.7. The number of carboxylic acid groups (broad SMARTS) is 1. The van der Waals surface area contributed by atoms with Crippen LogP contribution in [0.5, 0.6) is 0 Å². The number of nitrogens with zero attached hydrogens (tertiary/aromatic N) is 1. The number of nitrogens with one attached hydrogen (secondary N) is 1. The third-order valence-electron chi connectivity index (χ3n) is 3.60. The van der Waals surface area contributed by atoms with Gasteiger partial charge < -0.3 is 10.4 Å². The number of para-hydroxylation sites is 1. The standard InChI is InChI=1S/C15H20N2O3S/c1-10(7-8-21-2)16-15(20)17-12-6-4-3-5-11(12)9-13(17)14(18)19/h3-6,10,13H,7-9H2,1-2H3,(H,16,20)(H,18,19)/t10?,13-/m0/s1. The van der Waals surface area contributed by atoms with Crippen molar-refractivity contribution in [3.05, 3.63) is 29.8 Å². The number of anilines is 1. The van der Waals surface area contributed by atoms with Gasteiger partial charge in [-0.05, 0) is 37.0 Å². The van der Waals surface area contributed by atoms with Crippen LogP contribution in [0.2, 0.25) is 0 Å². The van der Waals surface area contributed by atoms with Crippen LogP contribution in [-0.2, 0) is 11.2 Å². The van der Waals surface area contributed by atoms with Crippen molar-refractivity contribution in [2.24, 2.45) is 0 Å². The summed E-state index contributed by atoms with van der Waals surface area (Å²) in [5, 5.41) is 12.2. The quantitative estimate of drug-likeness (QED) is 0.876. The summed E-state index contributed by atoms with van der Waals surface area (Å²) in [6.07, 6.45) is 3.24. The Balaban J connectivity index is 2.15. The number of carboxylic acids is 1. The Morgan fingerprint density at radius 3 is 2.86 bits per heavy atom. The number of hydrogen-bond acceptors (Lipinski definition) is 3. The van der Waals surface area contributed by atoms with Crippen LogP contribution >= 0.6 is 11.8 Å². The molecule has 2 N–H and O–H groups in total. The monoisotopic (exact) mass is 308 g/mol. The number of rotatable bonds is 5. The molecule has 0 fully saturated rings. The van der Waals surface area contributed by atoms with Crippen molar-refractivity contribution in [2.75, 3.05) is 16.9 Å². The molecule has 0 bridgehead atoms. The van der Waals surface area contributed by atoms with E-state index >= 15 is 0 Å². The normalized spacial score (nSPS) is 18.2. The van der Waals surface area contributed by atoms with Crippen molar-refractivity contribution in [3.8, 4) is 0 Å². The molecule has 1 aliphatic heterocycles. The maximum atomic E-state index is 12.4. The van der Waals surface area contributed by atoms with Gasteiger partial charge in [-0.3, -0.25) is 4.90 Å². The molecule has 0 aliphatic carbocycles. The summed E-state index contributed by atoms with van der Waals surface area (Å²) in [5.41, 5.74) is 1.59. The molecule has 2 rings (SSSR count). The molecule has 0 spiro atoms. The molecule has 0 saturated heterocycles. The number of urea groups is 1. The molecule has 1 heterocycles. The highest BCUT2D eigenvalue weighted by Gasteiger charge is 2.38. The highest BCUT2D eigenvalue weighted by atomic mass is 32.2. The van der Waals surface area contributed by atoms with E-state index in [0.717, 1.165) is 17.7 Å². The van der Waals surface area contributed by atoms with Gasteiger partial charge >= 0.3 is 12.0 Å². The molecule has 1 aliphatic rings. The van der Waals surface area contributed by atoms with Gasteiger partial charge in [-0.25, -0.2) is 9.59 Å². The van der Waals surface area contributed by atoms with E-state index in [1.165, 1.54) is 4.90 Å². The Labute approximate surface area is 128 Å². The first-order valence-corrected chi connectivity index (χ1v) is 8.33. The molecule has 1 aromatic carbocycles. The highest BCUT2D eigenvalue weighted by Crippen LogP contribution is 2.32. The van der Waals surface area contributed by atoms with Gasteiger partial charge in [-0.1, -0.05) is 18.2 Å². The van der Waals surface area contributed by atoms with E-state index in [4.69, 9.17) is 0 Å². The van der Waals surface area contributed by atoms with Gasteiger partial charge in [0.1, 0.15) is 6.04 Å². The third kappa shape index (κ3) is 3.50. The maximum absolute atomic E-state index is 12.4. The van der Waals surface area contributed by atoms with E-state index in [1.54, 1.807) is 17.8 Å². The summed E-state index contributed by atoms with van der Waals surface area (Å²) >= 11 is 1.72. The molecule has 1 unspecified atom stereocenters. The van der Waals surface area contributed by atoms with Crippen LogP contribution in [0.15, 0.2) is 24.3 Å². The number of thioether (sulfide) groups is 1. The topological polar surface area (TPSA) is 69.6 Å². The minimum atomic E-state index is -0.974. The average molecular weight is 308 g/mol. The van der Waals surface area contributed by atoms with Crippen LogP contribution in [-0.4, -0.2) is 41.2 Å². The molecule has 5 nitrogen and oxygen atoms in total. The van der Waals surface area contributed by atoms with Gasteiger partial charge in [-0.15, -0.1) is 0 Å². The predicted molar refractivity (Wildman–Crippen MR) is 85.0 cm³/mol. The molecular weight excluding hydrogens is 288 g/mol. The van der Waals surface area contributed by atoms with E-state index in [9.17, 15) is 14.7 Å². The van der Waals surface area contributed by atoms with E-state index < -0.39 is 12.0 Å². The zero-order valence-electron chi connectivity index (χ0n) is 12.2. The van der Waals surface area contributed by atoms with Gasteiger partial charge in [0.15, 0.2) is 0 Å². The minimum Gasteiger partial charge on any atom is -0.480 e. The molecule has 114 valence electrons. The Morgan fingerprint density at radius 2 is 2.19 bits per heavy atom. The SMILES string of the molecule is CSCCC(C)NC(=O)N1c2ccccc2C[C@H]1C(=O)O. The van der Waals surface area contributed by atoms with E-state index in [1.807, 2.05) is 31.4 Å². The molecule has 21 heavy (non-hydrogen) atoms. The molecule has 1 aromatic rings. The van der Waals surface area contributed by atoms with Crippen LogP contribution in [0.25, 0.3) is 0 Å². The molecule has 6 heteroatoms. The van der Waals surface area contributed by atoms with Crippen molar-refractivity contribution in [1.82, 2.24) is 5.32 Å². The summed E-state index contributed by atoms with van der Waals surface area (Å²) in [4.78, 5) is 25.2. The minimum absolute atomic E-state index is 0.0205. The summed E-state index contributed by atoms with van der Waals surface area (Å²) < 4.78 is 0. The molecular formula is C15H20N2O3S. The number of fused-ring (bicyclic) bond motifs is 1. The van der Waals surface area contributed by atoms with Crippen LogP contribution in [0, 0.1) is 0 Å². The Morgan fingerprint density at radius 1 is 1.48 bits per heavy atom. The molecule has 2 atom stereocenters. The number of carbonyl (C=O) groups is 2. The van der Waals surface area contributed by atoms with Crippen molar-refractivity contribution >= 4 is 29.4 Å². The van der Waals surface area contributed by atoms with Crippen LogP contribution in [0.3, 0.4) is 0 Å². The van der Waals surface area contributed by atoms with Gasteiger partial charge in [-0.2, -0.15) is 11.8 Å². The lowest BCUT2D eigenvalue weighted by Crippen LogP contribution is -2.50. The van der Waals surface area contributed by atoms with Crippen LogP contribution in [0.4, 0.5) is 10.5 Å². The largest absolute Gasteiger partial charge is 0.480 e. The van der Waals surface area contributed by atoms with Crippen molar-refractivity contribution in [3.63, 3.8) is 0 Å². The van der Waals surface area contributed by atoms with Crippen LogP contribution < -0.4 is 10.2 Å². The Bertz CT molecular complexity index is 535. The second kappa shape index (κ2) is 6.85. The maximum Gasteiger partial charge on any atom is 0.327 e. The van der Waals surface area contributed by atoms with E-state index in [0.29, 0.717) is 12.1 Å². The fraction of sp³-hybridized carbons (Fsp3) is 0.467. The lowest BCUT2D eigenvalue weighted by Gasteiger charge is -2.25. The lowest BCUT2D eigenvalue weighted by atomic mass is 10.1.